The molecule has 1 saturated carbocycles. The molecule has 0 spiro atoms. The first-order chi connectivity index (χ1) is 10.2. The molecule has 1 aromatic rings. The van der Waals surface area contributed by atoms with Crippen molar-refractivity contribution >= 4 is 5.91 Å². The molecule has 1 aromatic carbocycles. The lowest BCUT2D eigenvalue weighted by Crippen LogP contribution is -2.36. The Labute approximate surface area is 125 Å². The molecule has 114 valence electrons. The highest BCUT2D eigenvalue weighted by Gasteiger charge is 2.42. The first-order valence-electron chi connectivity index (χ1n) is 7.48. The van der Waals surface area contributed by atoms with E-state index in [9.17, 15) is 4.79 Å². The smallest absolute Gasteiger partial charge is 0.260 e. The molecule has 2 fully saturated rings. The zero-order valence-electron chi connectivity index (χ0n) is 12.3. The summed E-state index contributed by atoms with van der Waals surface area (Å²) < 4.78 is 10.8. The number of rotatable bonds is 4. The molecule has 3 atom stereocenters. The van der Waals surface area contributed by atoms with Crippen molar-refractivity contribution in [3.8, 4) is 11.5 Å². The third kappa shape index (κ3) is 2.83. The van der Waals surface area contributed by atoms with Crippen LogP contribution in [0.5, 0.6) is 11.5 Å². The Hall–Kier alpha value is -1.75. The zero-order chi connectivity index (χ0) is 14.8. The number of hydrogen-bond donors (Lipinski definition) is 1. The van der Waals surface area contributed by atoms with Crippen molar-refractivity contribution in [2.75, 3.05) is 26.8 Å². The molecule has 1 aliphatic carbocycles. The summed E-state index contributed by atoms with van der Waals surface area (Å²) >= 11 is 0. The van der Waals surface area contributed by atoms with E-state index in [4.69, 9.17) is 15.2 Å². The van der Waals surface area contributed by atoms with Gasteiger partial charge in [-0.15, -0.1) is 0 Å². The molecule has 1 heterocycles. The predicted molar refractivity (Wildman–Crippen MR) is 79.3 cm³/mol. The summed E-state index contributed by atoms with van der Waals surface area (Å²) in [6.07, 6.45) is 2.23. The van der Waals surface area contributed by atoms with Gasteiger partial charge in [0.25, 0.3) is 5.91 Å². The van der Waals surface area contributed by atoms with Gasteiger partial charge in [-0.05, 0) is 36.8 Å². The standard InChI is InChI=1S/C16H22N2O3/c1-20-14-4-2-3-5-15(14)21-10-16(19)18-8-11-6-7-13(17)12(11)9-18/h2-5,11-13H,6-10,17H2,1H3. The van der Waals surface area contributed by atoms with Crippen molar-refractivity contribution in [3.05, 3.63) is 24.3 Å². The molecule has 21 heavy (non-hydrogen) atoms. The van der Waals surface area contributed by atoms with Gasteiger partial charge in [0.05, 0.1) is 7.11 Å². The lowest BCUT2D eigenvalue weighted by atomic mass is 9.98. The topological polar surface area (TPSA) is 64.8 Å². The minimum absolute atomic E-state index is 0.0301. The fourth-order valence-corrected chi connectivity index (χ4v) is 3.48. The molecule has 0 bridgehead atoms. The number of nitrogens with zero attached hydrogens (tertiary/aromatic N) is 1. The van der Waals surface area contributed by atoms with E-state index in [-0.39, 0.29) is 18.6 Å². The van der Waals surface area contributed by atoms with Crippen LogP contribution in [0.2, 0.25) is 0 Å². The van der Waals surface area contributed by atoms with Gasteiger partial charge in [-0.3, -0.25) is 4.79 Å². The van der Waals surface area contributed by atoms with Crippen LogP contribution in [0.25, 0.3) is 0 Å². The van der Waals surface area contributed by atoms with E-state index in [1.165, 1.54) is 0 Å². The Morgan fingerprint density at radius 1 is 1.29 bits per heavy atom. The van der Waals surface area contributed by atoms with Crippen LogP contribution in [0, 0.1) is 11.8 Å². The van der Waals surface area contributed by atoms with Crippen LogP contribution in [0.1, 0.15) is 12.8 Å². The quantitative estimate of drug-likeness (QED) is 0.907. The molecule has 0 radical (unpaired) electrons. The van der Waals surface area contributed by atoms with Gasteiger partial charge in [0.15, 0.2) is 18.1 Å². The molecule has 1 amide bonds. The summed E-state index contributed by atoms with van der Waals surface area (Å²) in [6.45, 7) is 1.65. The number of likely N-dealkylation sites (tertiary alicyclic amines) is 1. The van der Waals surface area contributed by atoms with Crippen LogP contribution in [0.15, 0.2) is 24.3 Å². The van der Waals surface area contributed by atoms with Gasteiger partial charge in [0.1, 0.15) is 0 Å². The van der Waals surface area contributed by atoms with Crippen molar-refractivity contribution < 1.29 is 14.3 Å². The summed E-state index contributed by atoms with van der Waals surface area (Å²) in [5.74, 6) is 2.33. The first-order valence-corrected chi connectivity index (χ1v) is 7.48. The average molecular weight is 290 g/mol. The minimum atomic E-state index is 0.0301. The summed E-state index contributed by atoms with van der Waals surface area (Å²) in [7, 11) is 1.59. The van der Waals surface area contributed by atoms with Crippen molar-refractivity contribution in [1.82, 2.24) is 4.90 Å². The fourth-order valence-electron chi connectivity index (χ4n) is 3.48. The Balaban J connectivity index is 1.55. The van der Waals surface area contributed by atoms with Crippen LogP contribution >= 0.6 is 0 Å². The predicted octanol–water partition coefficient (Wildman–Crippen LogP) is 1.27. The number of hydrogen-bond acceptors (Lipinski definition) is 4. The molecule has 0 aromatic heterocycles. The van der Waals surface area contributed by atoms with Crippen molar-refractivity contribution in [3.63, 3.8) is 0 Å². The van der Waals surface area contributed by atoms with Gasteiger partial charge in [-0.2, -0.15) is 0 Å². The van der Waals surface area contributed by atoms with Gasteiger partial charge in [-0.25, -0.2) is 0 Å². The number of benzene rings is 1. The number of methoxy groups -OCH3 is 1. The third-order valence-corrected chi connectivity index (χ3v) is 4.69. The van der Waals surface area contributed by atoms with Crippen molar-refractivity contribution in [1.29, 1.82) is 0 Å². The maximum Gasteiger partial charge on any atom is 0.260 e. The van der Waals surface area contributed by atoms with Gasteiger partial charge >= 0.3 is 0 Å². The van der Waals surface area contributed by atoms with E-state index in [1.807, 2.05) is 23.1 Å². The average Bonchev–Trinajstić information content (AvgIpc) is 3.07. The number of carbonyl (C=O) groups is 1. The Kier molecular flexibility index (Phi) is 4.01. The van der Waals surface area contributed by atoms with Crippen molar-refractivity contribution in [2.24, 2.45) is 17.6 Å². The van der Waals surface area contributed by atoms with Gasteiger partial charge in [-0.1, -0.05) is 12.1 Å². The summed E-state index contributed by atoms with van der Waals surface area (Å²) in [5, 5.41) is 0. The molecule has 1 aliphatic heterocycles. The van der Waals surface area contributed by atoms with E-state index < -0.39 is 0 Å². The van der Waals surface area contributed by atoms with Gasteiger partial charge in [0, 0.05) is 19.1 Å². The second-order valence-electron chi connectivity index (χ2n) is 5.90. The zero-order valence-corrected chi connectivity index (χ0v) is 12.3. The molecule has 2 N–H and O–H groups in total. The Morgan fingerprint density at radius 3 is 2.76 bits per heavy atom. The molecule has 5 nitrogen and oxygen atoms in total. The molecule has 2 aliphatic rings. The minimum Gasteiger partial charge on any atom is -0.493 e. The highest BCUT2D eigenvalue weighted by molar-refractivity contribution is 5.78. The molecular formula is C16H22N2O3. The summed E-state index contributed by atoms with van der Waals surface area (Å²) in [4.78, 5) is 14.2. The lowest BCUT2D eigenvalue weighted by molar-refractivity contribution is -0.132. The number of para-hydroxylation sites is 2. The van der Waals surface area contributed by atoms with Gasteiger partial charge in [0.2, 0.25) is 0 Å². The highest BCUT2D eigenvalue weighted by Crippen LogP contribution is 2.37. The number of fused-ring (bicyclic) bond motifs is 1. The van der Waals surface area contributed by atoms with Gasteiger partial charge < -0.3 is 20.1 Å². The summed E-state index contributed by atoms with van der Waals surface area (Å²) in [5.41, 5.74) is 6.10. The van der Waals surface area contributed by atoms with Crippen LogP contribution in [-0.4, -0.2) is 43.7 Å². The second-order valence-corrected chi connectivity index (χ2v) is 5.90. The van der Waals surface area contributed by atoms with E-state index in [1.54, 1.807) is 13.2 Å². The van der Waals surface area contributed by atoms with Crippen LogP contribution in [0.4, 0.5) is 0 Å². The van der Waals surface area contributed by atoms with Crippen LogP contribution in [-0.2, 0) is 4.79 Å². The molecule has 3 rings (SSSR count). The number of nitrogens with two attached hydrogens (primary N) is 1. The normalized spacial score (nSPS) is 27.5. The van der Waals surface area contributed by atoms with E-state index in [2.05, 4.69) is 0 Å². The van der Waals surface area contributed by atoms with Crippen LogP contribution in [0.3, 0.4) is 0 Å². The first kappa shape index (κ1) is 14.2. The van der Waals surface area contributed by atoms with E-state index in [0.29, 0.717) is 23.3 Å². The fraction of sp³-hybridized carbons (Fsp3) is 0.562. The third-order valence-electron chi connectivity index (χ3n) is 4.69. The molecular weight excluding hydrogens is 268 g/mol. The van der Waals surface area contributed by atoms with Crippen molar-refractivity contribution in [2.45, 2.75) is 18.9 Å². The molecule has 5 heteroatoms. The Bertz CT molecular complexity index is 520. The van der Waals surface area contributed by atoms with Crippen LogP contribution < -0.4 is 15.2 Å². The maximum absolute atomic E-state index is 12.3. The van der Waals surface area contributed by atoms with E-state index >= 15 is 0 Å². The lowest BCUT2D eigenvalue weighted by Gasteiger charge is -2.19. The summed E-state index contributed by atoms with van der Waals surface area (Å²) in [6, 6.07) is 7.61. The largest absolute Gasteiger partial charge is 0.493 e. The monoisotopic (exact) mass is 290 g/mol. The molecule has 3 unspecified atom stereocenters. The highest BCUT2D eigenvalue weighted by atomic mass is 16.5. The SMILES string of the molecule is COc1ccccc1OCC(=O)N1CC2CCC(N)C2C1. The second kappa shape index (κ2) is 5.93. The Morgan fingerprint density at radius 2 is 2.05 bits per heavy atom. The molecule has 1 saturated heterocycles. The van der Waals surface area contributed by atoms with E-state index in [0.717, 1.165) is 25.9 Å². The number of amides is 1. The number of ether oxygens (including phenoxy) is 2. The number of carbonyl (C=O) groups excluding carboxylic acids is 1. The maximum atomic E-state index is 12.3.